The summed E-state index contributed by atoms with van der Waals surface area (Å²) in [5, 5.41) is 0.162. The lowest BCUT2D eigenvalue weighted by Gasteiger charge is -2.20. The summed E-state index contributed by atoms with van der Waals surface area (Å²) in [5.74, 6) is 0.681. The van der Waals surface area contributed by atoms with Crippen LogP contribution in [0, 0.1) is 6.92 Å². The second kappa shape index (κ2) is 6.41. The third-order valence-electron chi connectivity index (χ3n) is 3.52. The molecule has 2 rings (SSSR count). The minimum absolute atomic E-state index is 0.162. The molecule has 0 aliphatic rings. The molecule has 21 heavy (non-hydrogen) atoms. The minimum Gasteiger partial charge on any atom is -0.332 e. The van der Waals surface area contributed by atoms with Crippen LogP contribution < -0.4 is 0 Å². The molecule has 0 saturated heterocycles. The Balaban J connectivity index is 2.30. The summed E-state index contributed by atoms with van der Waals surface area (Å²) in [6.07, 6.45) is 2.08. The first-order chi connectivity index (χ1) is 9.98. The van der Waals surface area contributed by atoms with Crippen molar-refractivity contribution in [2.45, 2.75) is 38.8 Å². The van der Waals surface area contributed by atoms with Gasteiger partial charge in [0.2, 0.25) is 0 Å². The van der Waals surface area contributed by atoms with E-state index < -0.39 is 10.0 Å². The maximum Gasteiger partial charge on any atom is 0.260 e. The Kier molecular flexibility index (Phi) is 4.80. The molecule has 0 bridgehead atoms. The Morgan fingerprint density at radius 3 is 2.52 bits per heavy atom. The molecule has 1 aromatic carbocycles. The predicted molar refractivity (Wildman–Crippen MR) is 82.4 cm³/mol. The fourth-order valence-corrected chi connectivity index (χ4v) is 3.50. The lowest BCUT2D eigenvalue weighted by atomic mass is 10.1. The van der Waals surface area contributed by atoms with Crippen LogP contribution in [0.5, 0.6) is 0 Å². The molecule has 0 fully saturated rings. The van der Waals surface area contributed by atoms with Crippen LogP contribution in [0.1, 0.15) is 30.8 Å². The van der Waals surface area contributed by atoms with Crippen LogP contribution in [-0.2, 0) is 23.0 Å². The molecule has 0 aliphatic heterocycles. The maximum absolute atomic E-state index is 12.7. The van der Waals surface area contributed by atoms with Gasteiger partial charge in [0.25, 0.3) is 10.0 Å². The molecule has 5 nitrogen and oxygen atoms in total. The van der Waals surface area contributed by atoms with E-state index >= 15 is 0 Å². The van der Waals surface area contributed by atoms with Gasteiger partial charge in [-0.25, -0.2) is 13.4 Å². The summed E-state index contributed by atoms with van der Waals surface area (Å²) in [7, 11) is -3.54. The molecule has 1 aromatic heterocycles. The number of aryl methyl sites for hydroxylation is 2. The standard InChI is InChI=1S/C15H21N3O2S/c1-4-14-16-10-15(17-14)21(19,20)18(5-2)11-13-9-7-6-8-12(13)3/h6-10H,4-5,11H2,1-3H3,(H,16,17). The second-order valence-electron chi connectivity index (χ2n) is 4.91. The van der Waals surface area contributed by atoms with Gasteiger partial charge < -0.3 is 4.98 Å². The molecule has 0 atom stereocenters. The van der Waals surface area contributed by atoms with Crippen LogP contribution in [0.3, 0.4) is 0 Å². The lowest BCUT2D eigenvalue weighted by molar-refractivity contribution is 0.420. The zero-order chi connectivity index (χ0) is 15.5. The van der Waals surface area contributed by atoms with E-state index in [1.54, 1.807) is 0 Å². The third-order valence-corrected chi connectivity index (χ3v) is 5.35. The third kappa shape index (κ3) is 3.33. The molecule has 2 aromatic rings. The van der Waals surface area contributed by atoms with Crippen molar-refractivity contribution in [2.24, 2.45) is 0 Å². The number of aromatic amines is 1. The Labute approximate surface area is 126 Å². The molecule has 114 valence electrons. The van der Waals surface area contributed by atoms with Crippen molar-refractivity contribution in [1.82, 2.24) is 14.3 Å². The number of nitrogens with zero attached hydrogens (tertiary/aromatic N) is 2. The Morgan fingerprint density at radius 1 is 1.24 bits per heavy atom. The van der Waals surface area contributed by atoms with E-state index in [0.29, 0.717) is 25.3 Å². The zero-order valence-corrected chi connectivity index (χ0v) is 13.4. The number of benzene rings is 1. The van der Waals surface area contributed by atoms with Crippen LogP contribution in [0.2, 0.25) is 0 Å². The Bertz CT molecular complexity index is 707. The first-order valence-corrected chi connectivity index (χ1v) is 8.51. The number of imidazole rings is 1. The van der Waals surface area contributed by atoms with Crippen LogP contribution in [0.4, 0.5) is 0 Å². The van der Waals surface area contributed by atoms with E-state index in [9.17, 15) is 8.42 Å². The highest BCUT2D eigenvalue weighted by molar-refractivity contribution is 7.89. The van der Waals surface area contributed by atoms with Crippen molar-refractivity contribution in [1.29, 1.82) is 0 Å². The normalized spacial score (nSPS) is 12.0. The number of aromatic nitrogens is 2. The number of hydrogen-bond acceptors (Lipinski definition) is 3. The molecule has 0 amide bonds. The second-order valence-corrected chi connectivity index (χ2v) is 6.81. The summed E-state index contributed by atoms with van der Waals surface area (Å²) in [6.45, 7) is 6.54. The highest BCUT2D eigenvalue weighted by Crippen LogP contribution is 2.18. The SMILES string of the molecule is CCc1ncc(S(=O)(=O)N(CC)Cc2ccccc2C)[nH]1. The molecule has 0 spiro atoms. The quantitative estimate of drug-likeness (QED) is 0.891. The first kappa shape index (κ1) is 15.7. The van der Waals surface area contributed by atoms with E-state index in [1.807, 2.05) is 45.0 Å². The van der Waals surface area contributed by atoms with Gasteiger partial charge >= 0.3 is 0 Å². The van der Waals surface area contributed by atoms with Crippen LogP contribution in [0.25, 0.3) is 0 Å². The van der Waals surface area contributed by atoms with E-state index in [2.05, 4.69) is 9.97 Å². The van der Waals surface area contributed by atoms with Gasteiger partial charge in [-0.2, -0.15) is 4.31 Å². The van der Waals surface area contributed by atoms with Crippen molar-refractivity contribution in [2.75, 3.05) is 6.54 Å². The van der Waals surface area contributed by atoms with Crippen LogP contribution in [-0.4, -0.2) is 29.2 Å². The Hall–Kier alpha value is -1.66. The van der Waals surface area contributed by atoms with E-state index in [1.165, 1.54) is 10.5 Å². The smallest absolute Gasteiger partial charge is 0.260 e. The molecule has 6 heteroatoms. The van der Waals surface area contributed by atoms with Crippen molar-refractivity contribution >= 4 is 10.0 Å². The van der Waals surface area contributed by atoms with Gasteiger partial charge in [0.15, 0.2) is 5.03 Å². The molecule has 0 radical (unpaired) electrons. The minimum atomic E-state index is -3.54. The van der Waals surface area contributed by atoms with Crippen LogP contribution >= 0.6 is 0 Å². The topological polar surface area (TPSA) is 66.1 Å². The lowest BCUT2D eigenvalue weighted by Crippen LogP contribution is -2.31. The molecule has 0 saturated carbocycles. The summed E-state index contributed by atoms with van der Waals surface area (Å²) < 4.78 is 26.8. The monoisotopic (exact) mass is 307 g/mol. The highest BCUT2D eigenvalue weighted by atomic mass is 32.2. The largest absolute Gasteiger partial charge is 0.332 e. The molecule has 0 unspecified atom stereocenters. The zero-order valence-electron chi connectivity index (χ0n) is 12.6. The van der Waals surface area contributed by atoms with E-state index in [0.717, 1.165) is 11.1 Å². The summed E-state index contributed by atoms with van der Waals surface area (Å²) >= 11 is 0. The molecular weight excluding hydrogens is 286 g/mol. The summed E-state index contributed by atoms with van der Waals surface area (Å²) in [4.78, 5) is 6.96. The summed E-state index contributed by atoms with van der Waals surface area (Å²) in [6, 6.07) is 7.82. The highest BCUT2D eigenvalue weighted by Gasteiger charge is 2.25. The van der Waals surface area contributed by atoms with E-state index in [4.69, 9.17) is 0 Å². The average molecular weight is 307 g/mol. The van der Waals surface area contributed by atoms with Gasteiger partial charge in [-0.1, -0.05) is 38.1 Å². The van der Waals surface area contributed by atoms with Gasteiger partial charge in [0.05, 0.1) is 6.20 Å². The fraction of sp³-hybridized carbons (Fsp3) is 0.400. The van der Waals surface area contributed by atoms with Crippen LogP contribution in [0.15, 0.2) is 35.5 Å². The number of sulfonamides is 1. The maximum atomic E-state index is 12.7. The van der Waals surface area contributed by atoms with Gasteiger partial charge in [0.1, 0.15) is 5.82 Å². The van der Waals surface area contributed by atoms with Crippen molar-refractivity contribution in [3.05, 3.63) is 47.4 Å². The predicted octanol–water partition coefficient (Wildman–Crippen LogP) is 2.49. The number of rotatable bonds is 6. The average Bonchev–Trinajstić information content (AvgIpc) is 2.96. The molecule has 1 N–H and O–H groups in total. The summed E-state index contributed by atoms with van der Waals surface area (Å²) in [5.41, 5.74) is 2.10. The van der Waals surface area contributed by atoms with Crippen molar-refractivity contribution in [3.63, 3.8) is 0 Å². The van der Waals surface area contributed by atoms with Gasteiger partial charge in [-0.15, -0.1) is 0 Å². The van der Waals surface area contributed by atoms with Gasteiger partial charge in [0, 0.05) is 19.5 Å². The molecular formula is C15H21N3O2S. The molecule has 0 aliphatic carbocycles. The first-order valence-electron chi connectivity index (χ1n) is 7.07. The van der Waals surface area contributed by atoms with Crippen molar-refractivity contribution < 1.29 is 8.42 Å². The van der Waals surface area contributed by atoms with E-state index in [-0.39, 0.29) is 5.03 Å². The molecule has 1 heterocycles. The van der Waals surface area contributed by atoms with Gasteiger partial charge in [-0.05, 0) is 18.1 Å². The Morgan fingerprint density at radius 2 is 1.95 bits per heavy atom. The van der Waals surface area contributed by atoms with Gasteiger partial charge in [-0.3, -0.25) is 0 Å². The number of hydrogen-bond donors (Lipinski definition) is 1. The number of nitrogens with one attached hydrogen (secondary N) is 1. The van der Waals surface area contributed by atoms with Crippen molar-refractivity contribution in [3.8, 4) is 0 Å². The fourth-order valence-electron chi connectivity index (χ4n) is 2.14. The number of H-pyrrole nitrogens is 1.